The summed E-state index contributed by atoms with van der Waals surface area (Å²) < 4.78 is 23.3. The quantitative estimate of drug-likeness (QED) is 0.167. The Bertz CT molecular complexity index is 1670. The molecule has 3 aliphatic heterocycles. The molecule has 368 valence electrons. The molecule has 2 saturated heterocycles. The average Bonchev–Trinajstić information content (AvgIpc) is 3.21. The fourth-order valence-corrected chi connectivity index (χ4v) is 8.00. The fraction of sp³-hybridized carbons (Fsp3) is 0.660. The van der Waals surface area contributed by atoms with E-state index in [4.69, 9.17) is 30.4 Å². The summed E-state index contributed by atoms with van der Waals surface area (Å²) in [6, 6.07) is -1.13. The number of hydrogen-bond acceptors (Lipinski definition) is 17. The second kappa shape index (κ2) is 27.4. The van der Waals surface area contributed by atoms with Gasteiger partial charge < -0.3 is 81.5 Å². The van der Waals surface area contributed by atoms with E-state index in [1.807, 2.05) is 37.3 Å². The van der Waals surface area contributed by atoms with Crippen LogP contribution in [0.2, 0.25) is 0 Å². The summed E-state index contributed by atoms with van der Waals surface area (Å²) in [4.78, 5) is 25.3. The van der Waals surface area contributed by atoms with E-state index in [0.29, 0.717) is 0 Å². The number of aliphatic hydroxyl groups excluding tert-OH is 9. The molecule has 2 fully saturated rings. The monoisotopic (exact) mass is 923 g/mol. The van der Waals surface area contributed by atoms with Crippen molar-refractivity contribution >= 4 is 11.9 Å². The van der Waals surface area contributed by atoms with Gasteiger partial charge in [0.2, 0.25) is 5.91 Å². The summed E-state index contributed by atoms with van der Waals surface area (Å²) in [5.74, 6) is -6.09. The predicted molar refractivity (Wildman–Crippen MR) is 239 cm³/mol. The molecule has 0 aromatic heterocycles. The first-order valence-corrected chi connectivity index (χ1v) is 22.4. The largest absolute Gasteiger partial charge is 0.462 e. The highest BCUT2D eigenvalue weighted by molar-refractivity contribution is 5.78. The van der Waals surface area contributed by atoms with Crippen LogP contribution >= 0.6 is 0 Å². The van der Waals surface area contributed by atoms with Crippen molar-refractivity contribution in [2.75, 3.05) is 0 Å². The second-order valence-electron chi connectivity index (χ2n) is 17.6. The lowest BCUT2D eigenvalue weighted by molar-refractivity contribution is -0.308. The van der Waals surface area contributed by atoms with Crippen molar-refractivity contribution in [1.82, 2.24) is 0 Å². The molecule has 0 aromatic rings. The molecule has 14 N–H and O–H groups in total. The number of primary amides is 1. The first-order chi connectivity index (χ1) is 30.6. The van der Waals surface area contributed by atoms with Gasteiger partial charge in [0.15, 0.2) is 12.1 Å². The Balaban J connectivity index is 1.86. The van der Waals surface area contributed by atoms with Crippen LogP contribution in [0.3, 0.4) is 0 Å². The number of fused-ring (bicyclic) bond motifs is 2. The molecule has 3 heterocycles. The van der Waals surface area contributed by atoms with Gasteiger partial charge in [-0.25, -0.2) is 0 Å². The number of amides is 1. The van der Waals surface area contributed by atoms with Gasteiger partial charge in [-0.1, -0.05) is 98.9 Å². The SMILES string of the molecule is C[C@@H]1[C@H](O)[C@@H](C)/C=C/C=C/C=C/C=C/C=C/C=C/C=C/[C@H](O[C@H]2O[C@@H](C)[C@H](O)[C@@H](N)[C@H]2O)C[C@@H]2O[C@](O)(C[C@@H](O)[C@H](O)CC[C@@H](O)C[C@@H](O)C[C@@H](O)CC(=O)O[C@H]1C)C[C@H](O)[C@H]2C(N)=O. The Morgan fingerprint density at radius 3 is 1.78 bits per heavy atom. The van der Waals surface area contributed by atoms with Crippen molar-refractivity contribution in [3.8, 4) is 0 Å². The topological polar surface area (TPSA) is 325 Å². The Kier molecular flexibility index (Phi) is 23.6. The number of nitrogens with two attached hydrogens (primary N) is 2. The lowest BCUT2D eigenvalue weighted by Crippen LogP contribution is -2.62. The second-order valence-corrected chi connectivity index (χ2v) is 17.6. The third-order valence-corrected chi connectivity index (χ3v) is 12.1. The van der Waals surface area contributed by atoms with Gasteiger partial charge in [-0.3, -0.25) is 9.59 Å². The maximum atomic E-state index is 12.7. The molecule has 65 heavy (non-hydrogen) atoms. The number of carbonyl (C=O) groups excluding carboxylic acids is 2. The number of carbonyl (C=O) groups is 2. The van der Waals surface area contributed by atoms with Crippen LogP contribution in [0.5, 0.6) is 0 Å². The molecule has 0 saturated carbocycles. The standard InChI is InChI=1S/C47H74N2O16/c1-27-17-15-13-11-9-7-5-6-8-10-12-14-16-18-34(64-46-44(59)41(48)43(58)30(4)63-46)24-38-40(45(49)60)37(55)26-47(61,65-38)25-36(54)35(53)20-19-31(50)21-32(51)22-33(52)23-39(56)62-29(3)28(2)42(27)57/h5-18,27-38,40-44,46,50-55,57-59,61H,19-26,48H2,1-4H3,(H2,49,60)/b6-5+,9-7+,10-8+,13-11+,14-12+,17-15+,18-16+/t27-,28-,29-,30-,31+,32+,33+,34-,35+,36+,37-,38-,40+,41+,42+,43-,44+,46+,47+/m0/s1. The molecule has 18 nitrogen and oxygen atoms in total. The van der Waals surface area contributed by atoms with Crippen LogP contribution in [0.15, 0.2) is 85.1 Å². The van der Waals surface area contributed by atoms with Crippen LogP contribution in [0.25, 0.3) is 0 Å². The summed E-state index contributed by atoms with van der Waals surface area (Å²) in [7, 11) is 0. The number of rotatable bonds is 3. The lowest BCUT2D eigenvalue weighted by Gasteiger charge is -2.45. The van der Waals surface area contributed by atoms with Crippen LogP contribution in [-0.2, 0) is 28.5 Å². The van der Waals surface area contributed by atoms with Crippen LogP contribution in [-0.4, -0.2) is 160 Å². The van der Waals surface area contributed by atoms with Gasteiger partial charge in [0, 0.05) is 31.1 Å². The smallest absolute Gasteiger partial charge is 0.308 e. The number of hydrogen-bond donors (Lipinski definition) is 12. The van der Waals surface area contributed by atoms with Crippen molar-refractivity contribution in [2.24, 2.45) is 29.2 Å². The average molecular weight is 923 g/mol. The zero-order valence-corrected chi connectivity index (χ0v) is 37.7. The molecule has 3 aliphatic rings. The van der Waals surface area contributed by atoms with Crippen LogP contribution in [0, 0.1) is 17.8 Å². The highest BCUT2D eigenvalue weighted by Crippen LogP contribution is 2.38. The van der Waals surface area contributed by atoms with E-state index in [-0.39, 0.29) is 38.0 Å². The summed E-state index contributed by atoms with van der Waals surface area (Å²) in [6.45, 7) is 6.77. The number of aliphatic hydroxyl groups is 10. The third kappa shape index (κ3) is 18.6. The summed E-state index contributed by atoms with van der Waals surface area (Å²) in [6.07, 6.45) is 4.46. The zero-order chi connectivity index (χ0) is 48.4. The maximum Gasteiger partial charge on any atom is 0.308 e. The van der Waals surface area contributed by atoms with Gasteiger partial charge in [-0.15, -0.1) is 0 Å². The lowest BCUT2D eigenvalue weighted by atomic mass is 9.82. The molecule has 19 atom stereocenters. The van der Waals surface area contributed by atoms with Gasteiger partial charge in [-0.2, -0.15) is 0 Å². The Hall–Kier alpha value is -3.44. The molecular formula is C47H74N2O16. The van der Waals surface area contributed by atoms with Gasteiger partial charge in [0.05, 0.1) is 85.5 Å². The molecule has 0 radical (unpaired) electrons. The van der Waals surface area contributed by atoms with Crippen LogP contribution in [0.1, 0.15) is 79.1 Å². The van der Waals surface area contributed by atoms with Gasteiger partial charge in [0.1, 0.15) is 12.2 Å². The first-order valence-electron chi connectivity index (χ1n) is 22.4. The molecule has 0 aliphatic carbocycles. The molecule has 3 rings (SSSR count). The van der Waals surface area contributed by atoms with E-state index in [9.17, 15) is 60.7 Å². The van der Waals surface area contributed by atoms with Gasteiger partial charge >= 0.3 is 5.97 Å². The molecule has 1 amide bonds. The molecule has 2 bridgehead atoms. The minimum absolute atomic E-state index is 0.124. The Labute approximate surface area is 381 Å². The van der Waals surface area contributed by atoms with E-state index < -0.39 is 140 Å². The molecule has 0 unspecified atom stereocenters. The van der Waals surface area contributed by atoms with Crippen molar-refractivity contribution in [3.05, 3.63) is 85.1 Å². The Morgan fingerprint density at radius 2 is 1.20 bits per heavy atom. The number of esters is 1. The predicted octanol–water partition coefficient (Wildman–Crippen LogP) is 0.112. The van der Waals surface area contributed by atoms with E-state index in [0.717, 1.165) is 0 Å². The number of cyclic esters (lactones) is 1. The van der Waals surface area contributed by atoms with E-state index in [1.165, 1.54) is 0 Å². The van der Waals surface area contributed by atoms with Gasteiger partial charge in [0.25, 0.3) is 0 Å². The van der Waals surface area contributed by atoms with Crippen LogP contribution in [0.4, 0.5) is 0 Å². The van der Waals surface area contributed by atoms with Crippen molar-refractivity contribution in [2.45, 2.75) is 177 Å². The number of allylic oxidation sites excluding steroid dienone is 12. The van der Waals surface area contributed by atoms with E-state index in [1.54, 1.807) is 75.5 Å². The summed E-state index contributed by atoms with van der Waals surface area (Å²) in [5.41, 5.74) is 11.7. The summed E-state index contributed by atoms with van der Waals surface area (Å²) in [5, 5.41) is 108. The molecule has 0 aromatic carbocycles. The molecule has 18 heteroatoms. The maximum absolute atomic E-state index is 12.7. The van der Waals surface area contributed by atoms with Gasteiger partial charge in [-0.05, 0) is 39.5 Å². The van der Waals surface area contributed by atoms with Crippen molar-refractivity contribution in [3.63, 3.8) is 0 Å². The minimum Gasteiger partial charge on any atom is -0.462 e. The highest BCUT2D eigenvalue weighted by atomic mass is 16.7. The number of ether oxygens (including phenoxy) is 4. The van der Waals surface area contributed by atoms with Crippen molar-refractivity contribution in [1.29, 1.82) is 0 Å². The molecular weight excluding hydrogens is 849 g/mol. The summed E-state index contributed by atoms with van der Waals surface area (Å²) >= 11 is 0. The van der Waals surface area contributed by atoms with E-state index >= 15 is 0 Å². The third-order valence-electron chi connectivity index (χ3n) is 12.1. The Morgan fingerprint density at radius 1 is 0.662 bits per heavy atom. The van der Waals surface area contributed by atoms with Crippen molar-refractivity contribution < 1.29 is 79.6 Å². The highest BCUT2D eigenvalue weighted by Gasteiger charge is 2.50. The van der Waals surface area contributed by atoms with Crippen LogP contribution < -0.4 is 11.5 Å². The fourth-order valence-electron chi connectivity index (χ4n) is 8.00. The minimum atomic E-state index is -2.30. The van der Waals surface area contributed by atoms with E-state index in [2.05, 4.69) is 0 Å². The first kappa shape index (κ1) is 55.9. The normalized spacial score (nSPS) is 45.5. The zero-order valence-electron chi connectivity index (χ0n) is 37.7. The molecule has 0 spiro atoms.